The molecule has 0 saturated carbocycles. The zero-order valence-electron chi connectivity index (χ0n) is 13.3. The second-order valence-corrected chi connectivity index (χ2v) is 5.64. The van der Waals surface area contributed by atoms with Gasteiger partial charge in [0, 0.05) is 11.8 Å². The molecule has 0 radical (unpaired) electrons. The van der Waals surface area contributed by atoms with Crippen molar-refractivity contribution in [3.05, 3.63) is 48.0 Å². The maximum atomic E-state index is 12.4. The van der Waals surface area contributed by atoms with Gasteiger partial charge in [0.15, 0.2) is 6.10 Å². The molecule has 1 aliphatic rings. The number of nitrogens with zero attached hydrogens (tertiary/aromatic N) is 1. The molecule has 0 spiro atoms. The molecule has 120 valence electrons. The van der Waals surface area contributed by atoms with Crippen LogP contribution in [0.4, 0.5) is 11.4 Å². The Bertz CT molecular complexity index is 713. The second-order valence-electron chi connectivity index (χ2n) is 5.64. The van der Waals surface area contributed by atoms with Gasteiger partial charge in [-0.1, -0.05) is 17.7 Å². The van der Waals surface area contributed by atoms with Gasteiger partial charge in [-0.2, -0.15) is 0 Å². The van der Waals surface area contributed by atoms with Crippen molar-refractivity contribution in [2.24, 2.45) is 0 Å². The topological polar surface area (TPSA) is 64.8 Å². The number of anilines is 2. The molecule has 0 fully saturated rings. The van der Waals surface area contributed by atoms with Gasteiger partial charge in [-0.05, 0) is 38.1 Å². The lowest BCUT2D eigenvalue weighted by Gasteiger charge is -2.33. The summed E-state index contributed by atoms with van der Waals surface area (Å²) in [5.41, 5.74) is 8.31. The molecule has 0 aromatic heterocycles. The Hall–Kier alpha value is -2.69. The van der Waals surface area contributed by atoms with E-state index in [4.69, 9.17) is 15.2 Å². The van der Waals surface area contributed by atoms with E-state index in [9.17, 15) is 4.79 Å². The van der Waals surface area contributed by atoms with E-state index in [1.165, 1.54) is 5.56 Å². The number of nitrogen functional groups attached to an aromatic ring is 1. The molecule has 2 aromatic carbocycles. The zero-order chi connectivity index (χ0) is 16.4. The Morgan fingerprint density at radius 1 is 1.22 bits per heavy atom. The van der Waals surface area contributed by atoms with Gasteiger partial charge in [0.25, 0.3) is 5.91 Å². The molecule has 1 heterocycles. The molecule has 0 saturated heterocycles. The average Bonchev–Trinajstić information content (AvgIpc) is 2.53. The van der Waals surface area contributed by atoms with E-state index in [0.717, 1.165) is 11.4 Å². The van der Waals surface area contributed by atoms with Gasteiger partial charge in [0.05, 0.1) is 12.2 Å². The Morgan fingerprint density at radius 3 is 2.70 bits per heavy atom. The number of aryl methyl sites for hydroxylation is 1. The molecular formula is C18H20N2O3. The van der Waals surface area contributed by atoms with Crippen molar-refractivity contribution in [2.45, 2.75) is 20.0 Å². The van der Waals surface area contributed by atoms with Crippen molar-refractivity contribution in [1.29, 1.82) is 0 Å². The van der Waals surface area contributed by atoms with E-state index in [1.807, 2.05) is 31.2 Å². The Labute approximate surface area is 135 Å². The maximum absolute atomic E-state index is 12.4. The second kappa shape index (κ2) is 6.20. The normalized spacial score (nSPS) is 16.7. The summed E-state index contributed by atoms with van der Waals surface area (Å²) < 4.78 is 11.3. The van der Waals surface area contributed by atoms with Gasteiger partial charge in [0.2, 0.25) is 0 Å². The third-order valence-corrected chi connectivity index (χ3v) is 3.80. The van der Waals surface area contributed by atoms with E-state index >= 15 is 0 Å². The minimum atomic E-state index is -0.524. The van der Waals surface area contributed by atoms with Gasteiger partial charge in [0.1, 0.15) is 18.1 Å². The minimum absolute atomic E-state index is 0.0743. The van der Waals surface area contributed by atoms with Gasteiger partial charge in [-0.15, -0.1) is 0 Å². The first kappa shape index (κ1) is 15.2. The Balaban J connectivity index is 1.71. The standard InChI is InChI=1S/C18H20N2O3/c1-12-3-6-15(7-4-12)22-10-9-20-16-8-5-14(19)11-17(16)23-13(2)18(20)21/h3-8,11,13H,9-10,19H2,1-2H3. The third-order valence-electron chi connectivity index (χ3n) is 3.80. The lowest BCUT2D eigenvalue weighted by atomic mass is 10.1. The van der Waals surface area contributed by atoms with Crippen LogP contribution in [0.3, 0.4) is 0 Å². The molecule has 1 unspecified atom stereocenters. The molecule has 1 aliphatic heterocycles. The van der Waals surface area contributed by atoms with Gasteiger partial charge < -0.3 is 20.1 Å². The van der Waals surface area contributed by atoms with Crippen LogP contribution in [0.15, 0.2) is 42.5 Å². The largest absolute Gasteiger partial charge is 0.492 e. The third kappa shape index (κ3) is 3.23. The first-order valence-electron chi connectivity index (χ1n) is 7.61. The van der Waals surface area contributed by atoms with Crippen molar-refractivity contribution >= 4 is 17.3 Å². The summed E-state index contributed by atoms with van der Waals surface area (Å²) in [5, 5.41) is 0. The van der Waals surface area contributed by atoms with Gasteiger partial charge in [-0.25, -0.2) is 0 Å². The molecule has 5 nitrogen and oxygen atoms in total. The number of carbonyl (C=O) groups excluding carboxylic acids is 1. The number of amides is 1. The maximum Gasteiger partial charge on any atom is 0.267 e. The van der Waals surface area contributed by atoms with E-state index in [1.54, 1.807) is 30.0 Å². The van der Waals surface area contributed by atoms with Crippen LogP contribution in [0.2, 0.25) is 0 Å². The quantitative estimate of drug-likeness (QED) is 0.882. The summed E-state index contributed by atoms with van der Waals surface area (Å²) >= 11 is 0. The van der Waals surface area contributed by atoms with Crippen LogP contribution >= 0.6 is 0 Å². The first-order valence-corrected chi connectivity index (χ1v) is 7.61. The fourth-order valence-electron chi connectivity index (χ4n) is 2.55. The summed E-state index contributed by atoms with van der Waals surface area (Å²) in [7, 11) is 0. The number of benzene rings is 2. The van der Waals surface area contributed by atoms with Crippen molar-refractivity contribution in [1.82, 2.24) is 0 Å². The number of hydrogen-bond donors (Lipinski definition) is 1. The molecular weight excluding hydrogens is 292 g/mol. The van der Waals surface area contributed by atoms with E-state index in [-0.39, 0.29) is 5.91 Å². The Kier molecular flexibility index (Phi) is 4.10. The molecule has 0 aliphatic carbocycles. The lowest BCUT2D eigenvalue weighted by Crippen LogP contribution is -2.46. The van der Waals surface area contributed by atoms with Crippen LogP contribution in [-0.2, 0) is 4.79 Å². The van der Waals surface area contributed by atoms with E-state index in [0.29, 0.717) is 24.6 Å². The van der Waals surface area contributed by atoms with Crippen molar-refractivity contribution in [2.75, 3.05) is 23.8 Å². The smallest absolute Gasteiger partial charge is 0.267 e. The van der Waals surface area contributed by atoms with Crippen LogP contribution in [-0.4, -0.2) is 25.2 Å². The minimum Gasteiger partial charge on any atom is -0.492 e. The van der Waals surface area contributed by atoms with Gasteiger partial charge in [-0.3, -0.25) is 4.79 Å². The first-order chi connectivity index (χ1) is 11.0. The zero-order valence-corrected chi connectivity index (χ0v) is 13.3. The molecule has 2 N–H and O–H groups in total. The molecule has 1 amide bonds. The summed E-state index contributed by atoms with van der Waals surface area (Å²) in [6, 6.07) is 13.2. The summed E-state index contributed by atoms with van der Waals surface area (Å²) in [5.74, 6) is 1.35. The van der Waals surface area contributed by atoms with Crippen molar-refractivity contribution < 1.29 is 14.3 Å². The Morgan fingerprint density at radius 2 is 1.96 bits per heavy atom. The number of nitrogens with two attached hydrogens (primary N) is 1. The van der Waals surface area contributed by atoms with Crippen LogP contribution in [0.1, 0.15) is 12.5 Å². The highest BCUT2D eigenvalue weighted by Crippen LogP contribution is 2.35. The van der Waals surface area contributed by atoms with E-state index < -0.39 is 6.10 Å². The van der Waals surface area contributed by atoms with Crippen LogP contribution in [0, 0.1) is 6.92 Å². The van der Waals surface area contributed by atoms with Crippen LogP contribution < -0.4 is 20.1 Å². The molecule has 0 bridgehead atoms. The van der Waals surface area contributed by atoms with Crippen LogP contribution in [0.5, 0.6) is 11.5 Å². The monoisotopic (exact) mass is 312 g/mol. The molecule has 2 aromatic rings. The van der Waals surface area contributed by atoms with Gasteiger partial charge >= 0.3 is 0 Å². The number of rotatable bonds is 4. The average molecular weight is 312 g/mol. The van der Waals surface area contributed by atoms with Crippen molar-refractivity contribution in [3.63, 3.8) is 0 Å². The summed E-state index contributed by atoms with van der Waals surface area (Å²) in [6.45, 7) is 4.63. The molecule has 3 rings (SSSR count). The van der Waals surface area contributed by atoms with Crippen molar-refractivity contribution in [3.8, 4) is 11.5 Å². The number of ether oxygens (including phenoxy) is 2. The highest BCUT2D eigenvalue weighted by molar-refractivity contribution is 6.00. The lowest BCUT2D eigenvalue weighted by molar-refractivity contribution is -0.125. The van der Waals surface area contributed by atoms with Crippen LogP contribution in [0.25, 0.3) is 0 Å². The highest BCUT2D eigenvalue weighted by Gasteiger charge is 2.31. The summed E-state index contributed by atoms with van der Waals surface area (Å²) in [6.07, 6.45) is -0.524. The number of fused-ring (bicyclic) bond motifs is 1. The molecule has 5 heteroatoms. The number of carbonyl (C=O) groups is 1. The number of hydrogen-bond acceptors (Lipinski definition) is 4. The SMILES string of the molecule is Cc1ccc(OCCN2C(=O)C(C)Oc3cc(N)ccc32)cc1. The highest BCUT2D eigenvalue weighted by atomic mass is 16.5. The summed E-state index contributed by atoms with van der Waals surface area (Å²) in [4.78, 5) is 14.1. The fourth-order valence-corrected chi connectivity index (χ4v) is 2.55. The molecule has 1 atom stereocenters. The fraction of sp³-hybridized carbons (Fsp3) is 0.278. The predicted octanol–water partition coefficient (Wildman–Crippen LogP) is 2.77. The molecule has 23 heavy (non-hydrogen) atoms. The predicted molar refractivity (Wildman–Crippen MR) is 90.0 cm³/mol. The van der Waals surface area contributed by atoms with E-state index in [2.05, 4.69) is 0 Å².